The molecule has 6 nitrogen and oxygen atoms in total. The van der Waals surface area contributed by atoms with Crippen LogP contribution in [0.4, 0.5) is 23.0 Å². The predicted octanol–water partition coefficient (Wildman–Crippen LogP) is 7.09. The fourth-order valence-electron chi connectivity index (χ4n) is 3.74. The molecule has 2 aromatic rings. The lowest BCUT2D eigenvalue weighted by atomic mass is 10.0. The third kappa shape index (κ3) is 11.0. The van der Waals surface area contributed by atoms with Crippen molar-refractivity contribution in [2.75, 3.05) is 22.9 Å². The number of hydrogen-bond acceptors (Lipinski definition) is 6. The number of hydrogen-bond donors (Lipinski definition) is 3. The van der Waals surface area contributed by atoms with E-state index in [9.17, 15) is 0 Å². The molecule has 0 bridgehead atoms. The van der Waals surface area contributed by atoms with E-state index in [-0.39, 0.29) is 0 Å². The Bertz CT molecular complexity index is 692. The second-order valence-corrected chi connectivity index (χ2v) is 8.37. The summed E-state index contributed by atoms with van der Waals surface area (Å²) in [6.45, 7) is 3.16. The highest BCUT2D eigenvalue weighted by atomic mass is 15.1. The quantitative estimate of drug-likeness (QED) is 0.220. The van der Waals surface area contributed by atoms with E-state index >= 15 is 0 Å². The van der Waals surface area contributed by atoms with E-state index in [1.54, 1.807) is 12.4 Å². The largest absolute Gasteiger partial charge is 0.393 e. The Morgan fingerprint density at radius 2 is 1.35 bits per heavy atom. The second kappa shape index (κ2) is 16.3. The summed E-state index contributed by atoms with van der Waals surface area (Å²) in [5.41, 5.74) is 7.61. The molecule has 0 unspecified atom stereocenters. The van der Waals surface area contributed by atoms with Gasteiger partial charge in [0, 0.05) is 12.7 Å². The summed E-state index contributed by atoms with van der Waals surface area (Å²) in [6.07, 6.45) is 24.1. The van der Waals surface area contributed by atoms with Crippen LogP contribution in [0.2, 0.25) is 0 Å². The lowest BCUT2D eigenvalue weighted by molar-refractivity contribution is 0.537. The number of aromatic nitrogens is 3. The summed E-state index contributed by atoms with van der Waals surface area (Å²) in [4.78, 5) is 12.6. The van der Waals surface area contributed by atoms with Crippen LogP contribution in [0.15, 0.2) is 30.9 Å². The van der Waals surface area contributed by atoms with Gasteiger partial charge in [0.1, 0.15) is 12.0 Å². The number of unbranched alkanes of at least 4 members (excludes halogenated alkanes) is 13. The highest BCUT2D eigenvalue weighted by Crippen LogP contribution is 2.25. The molecule has 2 aromatic heterocycles. The monoisotopic (exact) mass is 426 g/mol. The molecule has 0 atom stereocenters. The average molecular weight is 427 g/mol. The molecule has 0 aliphatic heterocycles. The SMILES string of the molecule is CCCCCCCCCCCCCCCCNc1ncnc(Nc2cccnc2)c1N. The molecule has 172 valence electrons. The van der Waals surface area contributed by atoms with Gasteiger partial charge in [0.15, 0.2) is 11.6 Å². The van der Waals surface area contributed by atoms with Gasteiger partial charge in [0.25, 0.3) is 0 Å². The van der Waals surface area contributed by atoms with E-state index in [0.717, 1.165) is 18.7 Å². The molecule has 0 aromatic carbocycles. The molecule has 0 aliphatic rings. The van der Waals surface area contributed by atoms with Gasteiger partial charge in [-0.3, -0.25) is 4.98 Å². The molecular weight excluding hydrogens is 384 g/mol. The smallest absolute Gasteiger partial charge is 0.159 e. The van der Waals surface area contributed by atoms with Crippen LogP contribution in [0.5, 0.6) is 0 Å². The average Bonchev–Trinajstić information content (AvgIpc) is 2.79. The highest BCUT2D eigenvalue weighted by Gasteiger charge is 2.08. The van der Waals surface area contributed by atoms with Gasteiger partial charge in [-0.15, -0.1) is 0 Å². The summed E-state index contributed by atoms with van der Waals surface area (Å²) in [7, 11) is 0. The number of anilines is 4. The van der Waals surface area contributed by atoms with Crippen molar-refractivity contribution in [3.63, 3.8) is 0 Å². The van der Waals surface area contributed by atoms with Crippen molar-refractivity contribution in [1.82, 2.24) is 15.0 Å². The Balaban J connectivity index is 1.47. The van der Waals surface area contributed by atoms with Crippen LogP contribution < -0.4 is 16.4 Å². The zero-order valence-corrected chi connectivity index (χ0v) is 19.4. The molecule has 4 N–H and O–H groups in total. The predicted molar refractivity (Wildman–Crippen MR) is 133 cm³/mol. The third-order valence-electron chi connectivity index (χ3n) is 5.63. The maximum atomic E-state index is 6.22. The molecule has 0 spiro atoms. The number of rotatable bonds is 18. The van der Waals surface area contributed by atoms with Gasteiger partial charge < -0.3 is 16.4 Å². The van der Waals surface area contributed by atoms with Crippen LogP contribution in [0.25, 0.3) is 0 Å². The van der Waals surface area contributed by atoms with E-state index in [0.29, 0.717) is 17.3 Å². The van der Waals surface area contributed by atoms with Crippen molar-refractivity contribution >= 4 is 23.0 Å². The number of nitrogens with one attached hydrogen (secondary N) is 2. The molecule has 0 aliphatic carbocycles. The molecule has 2 rings (SSSR count). The van der Waals surface area contributed by atoms with E-state index < -0.39 is 0 Å². The van der Waals surface area contributed by atoms with E-state index in [4.69, 9.17) is 5.73 Å². The first-order chi connectivity index (χ1) is 15.3. The van der Waals surface area contributed by atoms with Crippen molar-refractivity contribution in [2.45, 2.75) is 96.8 Å². The number of nitrogens with two attached hydrogens (primary N) is 1. The molecule has 31 heavy (non-hydrogen) atoms. The van der Waals surface area contributed by atoms with E-state index in [1.165, 1.54) is 89.8 Å². The molecule has 6 heteroatoms. The number of nitrogen functional groups attached to an aromatic ring is 1. The van der Waals surface area contributed by atoms with Crippen LogP contribution in [-0.2, 0) is 0 Å². The standard InChI is InChI=1S/C25H42N6/c1-2-3-4-5-6-7-8-9-10-11-12-13-14-15-19-28-24-23(26)25(30-21-29-24)31-22-17-16-18-27-20-22/h16-18,20-21H,2-15,19,26H2,1H3,(H2,28,29,30,31). The summed E-state index contributed by atoms with van der Waals surface area (Å²) in [5.74, 6) is 1.29. The normalized spacial score (nSPS) is 10.9. The Hall–Kier alpha value is -2.37. The first-order valence-corrected chi connectivity index (χ1v) is 12.3. The Kier molecular flexibility index (Phi) is 13.1. The van der Waals surface area contributed by atoms with Gasteiger partial charge >= 0.3 is 0 Å². The van der Waals surface area contributed by atoms with Crippen LogP contribution in [-0.4, -0.2) is 21.5 Å². The first-order valence-electron chi connectivity index (χ1n) is 12.3. The molecule has 0 fully saturated rings. The minimum absolute atomic E-state index is 0.539. The lowest BCUT2D eigenvalue weighted by Gasteiger charge is -2.12. The van der Waals surface area contributed by atoms with Gasteiger partial charge in [-0.2, -0.15) is 0 Å². The van der Waals surface area contributed by atoms with Gasteiger partial charge in [-0.1, -0.05) is 90.4 Å². The fraction of sp³-hybridized carbons (Fsp3) is 0.640. The summed E-state index contributed by atoms with van der Waals surface area (Å²) in [6, 6.07) is 3.80. The van der Waals surface area contributed by atoms with Crippen molar-refractivity contribution in [2.24, 2.45) is 0 Å². The molecule has 0 saturated heterocycles. The first kappa shape index (κ1) is 24.9. The van der Waals surface area contributed by atoms with Gasteiger partial charge in [-0.05, 0) is 18.6 Å². The minimum Gasteiger partial charge on any atom is -0.393 e. The Morgan fingerprint density at radius 3 is 1.94 bits per heavy atom. The van der Waals surface area contributed by atoms with Crippen molar-refractivity contribution in [3.05, 3.63) is 30.9 Å². The lowest BCUT2D eigenvalue weighted by Crippen LogP contribution is -2.09. The maximum absolute atomic E-state index is 6.22. The van der Waals surface area contributed by atoms with Crippen LogP contribution in [0.1, 0.15) is 96.8 Å². The zero-order valence-electron chi connectivity index (χ0n) is 19.4. The van der Waals surface area contributed by atoms with Crippen LogP contribution >= 0.6 is 0 Å². The van der Waals surface area contributed by atoms with Crippen molar-refractivity contribution < 1.29 is 0 Å². The maximum Gasteiger partial charge on any atom is 0.159 e. The topological polar surface area (TPSA) is 88.8 Å². The number of nitrogens with zero attached hydrogens (tertiary/aromatic N) is 3. The molecule has 0 radical (unpaired) electrons. The van der Waals surface area contributed by atoms with Crippen molar-refractivity contribution in [1.29, 1.82) is 0 Å². The highest BCUT2D eigenvalue weighted by molar-refractivity contribution is 5.77. The van der Waals surface area contributed by atoms with Crippen LogP contribution in [0, 0.1) is 0 Å². The Morgan fingerprint density at radius 1 is 0.774 bits per heavy atom. The van der Waals surface area contributed by atoms with E-state index in [1.807, 2.05) is 12.1 Å². The summed E-state index contributed by atoms with van der Waals surface area (Å²) in [5, 5.41) is 6.54. The van der Waals surface area contributed by atoms with E-state index in [2.05, 4.69) is 32.5 Å². The summed E-state index contributed by atoms with van der Waals surface area (Å²) < 4.78 is 0. The summed E-state index contributed by atoms with van der Waals surface area (Å²) >= 11 is 0. The second-order valence-electron chi connectivity index (χ2n) is 8.37. The minimum atomic E-state index is 0.539. The molecular formula is C25H42N6. The fourth-order valence-corrected chi connectivity index (χ4v) is 3.74. The zero-order chi connectivity index (χ0) is 22.0. The Labute approximate surface area is 188 Å². The molecule has 0 saturated carbocycles. The third-order valence-corrected chi connectivity index (χ3v) is 5.63. The van der Waals surface area contributed by atoms with Gasteiger partial charge in [0.05, 0.1) is 11.9 Å². The van der Waals surface area contributed by atoms with Gasteiger partial charge in [-0.25, -0.2) is 9.97 Å². The number of pyridine rings is 1. The van der Waals surface area contributed by atoms with Crippen molar-refractivity contribution in [3.8, 4) is 0 Å². The molecule has 2 heterocycles. The molecule has 0 amide bonds. The van der Waals surface area contributed by atoms with Gasteiger partial charge in [0.2, 0.25) is 0 Å². The van der Waals surface area contributed by atoms with Crippen LogP contribution in [0.3, 0.4) is 0 Å².